The van der Waals surface area contributed by atoms with Crippen LogP contribution in [0.1, 0.15) is 19.8 Å². The largest absolute Gasteiger partial charge is 0.379 e. The quantitative estimate of drug-likeness (QED) is 0.664. The summed E-state index contributed by atoms with van der Waals surface area (Å²) in [4.78, 5) is 28.0. The van der Waals surface area contributed by atoms with Crippen LogP contribution in [-0.2, 0) is 14.3 Å². The number of carbonyl (C=O) groups is 2. The van der Waals surface area contributed by atoms with Gasteiger partial charge < -0.3 is 20.7 Å². The van der Waals surface area contributed by atoms with Crippen LogP contribution < -0.4 is 11.1 Å². The van der Waals surface area contributed by atoms with E-state index in [2.05, 4.69) is 10.2 Å². The molecule has 2 amide bonds. The SMILES string of the molecule is CCCNC(=O)CN1CCN(C(=O)C2(N)CCOC2)CC1. The van der Waals surface area contributed by atoms with Crippen molar-refractivity contribution in [1.82, 2.24) is 15.1 Å². The molecule has 2 saturated heterocycles. The maximum Gasteiger partial charge on any atom is 0.245 e. The molecule has 0 aromatic rings. The van der Waals surface area contributed by atoms with Crippen LogP contribution in [0.4, 0.5) is 0 Å². The molecule has 0 aliphatic carbocycles. The standard InChI is InChI=1S/C14H26N4O3/c1-2-4-16-12(19)10-17-5-7-18(8-6-17)13(20)14(15)3-9-21-11-14/h2-11,15H2,1H3,(H,16,19). The summed E-state index contributed by atoms with van der Waals surface area (Å²) >= 11 is 0. The van der Waals surface area contributed by atoms with Gasteiger partial charge in [0.2, 0.25) is 11.8 Å². The van der Waals surface area contributed by atoms with E-state index in [0.717, 1.165) is 6.42 Å². The number of piperazine rings is 1. The van der Waals surface area contributed by atoms with E-state index in [1.165, 1.54) is 0 Å². The number of hydrogen-bond donors (Lipinski definition) is 2. The van der Waals surface area contributed by atoms with Crippen molar-refractivity contribution < 1.29 is 14.3 Å². The van der Waals surface area contributed by atoms with Gasteiger partial charge in [0.25, 0.3) is 0 Å². The van der Waals surface area contributed by atoms with Gasteiger partial charge in [-0.2, -0.15) is 0 Å². The summed E-state index contributed by atoms with van der Waals surface area (Å²) in [6.45, 7) is 6.68. The van der Waals surface area contributed by atoms with Crippen LogP contribution in [0.15, 0.2) is 0 Å². The molecule has 7 nitrogen and oxygen atoms in total. The summed E-state index contributed by atoms with van der Waals surface area (Å²) in [7, 11) is 0. The third kappa shape index (κ3) is 4.15. The second-order valence-corrected chi connectivity index (χ2v) is 5.88. The first kappa shape index (κ1) is 16.2. The van der Waals surface area contributed by atoms with Crippen LogP contribution in [0.25, 0.3) is 0 Å². The zero-order chi connectivity index (χ0) is 15.3. The maximum absolute atomic E-state index is 12.4. The van der Waals surface area contributed by atoms with E-state index >= 15 is 0 Å². The number of nitrogens with one attached hydrogen (secondary N) is 1. The Kier molecular flexibility index (Phi) is 5.55. The fourth-order valence-electron chi connectivity index (χ4n) is 2.70. The van der Waals surface area contributed by atoms with Crippen LogP contribution >= 0.6 is 0 Å². The van der Waals surface area contributed by atoms with E-state index in [4.69, 9.17) is 10.5 Å². The first-order chi connectivity index (χ1) is 10.0. The zero-order valence-electron chi connectivity index (χ0n) is 12.8. The third-order valence-corrected chi connectivity index (χ3v) is 4.08. The lowest BCUT2D eigenvalue weighted by molar-refractivity contribution is -0.139. The van der Waals surface area contributed by atoms with E-state index in [1.807, 2.05) is 6.92 Å². The van der Waals surface area contributed by atoms with Crippen LogP contribution in [0.5, 0.6) is 0 Å². The topological polar surface area (TPSA) is 87.9 Å². The molecule has 2 rings (SSSR count). The van der Waals surface area contributed by atoms with Gasteiger partial charge in [-0.1, -0.05) is 6.92 Å². The van der Waals surface area contributed by atoms with Gasteiger partial charge >= 0.3 is 0 Å². The highest BCUT2D eigenvalue weighted by molar-refractivity contribution is 5.86. The summed E-state index contributed by atoms with van der Waals surface area (Å²) in [5.74, 6) is 0.0335. The van der Waals surface area contributed by atoms with E-state index in [1.54, 1.807) is 4.90 Å². The maximum atomic E-state index is 12.4. The van der Waals surface area contributed by atoms with Gasteiger partial charge in [-0.15, -0.1) is 0 Å². The van der Waals surface area contributed by atoms with E-state index in [-0.39, 0.29) is 11.8 Å². The van der Waals surface area contributed by atoms with Gasteiger partial charge in [0.05, 0.1) is 13.2 Å². The summed E-state index contributed by atoms with van der Waals surface area (Å²) in [5.41, 5.74) is 5.26. The number of nitrogens with zero attached hydrogens (tertiary/aromatic N) is 2. The summed E-state index contributed by atoms with van der Waals surface area (Å²) in [5, 5.41) is 2.87. The van der Waals surface area contributed by atoms with Gasteiger partial charge in [-0.05, 0) is 12.8 Å². The van der Waals surface area contributed by atoms with E-state index in [0.29, 0.717) is 58.9 Å². The Morgan fingerprint density at radius 1 is 1.29 bits per heavy atom. The molecule has 0 aromatic heterocycles. The summed E-state index contributed by atoms with van der Waals surface area (Å²) in [6, 6.07) is 0. The predicted molar refractivity (Wildman–Crippen MR) is 78.7 cm³/mol. The molecule has 0 saturated carbocycles. The van der Waals surface area contributed by atoms with Gasteiger partial charge in [0.1, 0.15) is 5.54 Å². The minimum absolute atomic E-state index is 0.0184. The highest BCUT2D eigenvalue weighted by Crippen LogP contribution is 2.19. The van der Waals surface area contributed by atoms with Gasteiger partial charge in [-0.3, -0.25) is 14.5 Å². The summed E-state index contributed by atoms with van der Waals surface area (Å²) < 4.78 is 5.25. The molecule has 7 heteroatoms. The Morgan fingerprint density at radius 2 is 2.00 bits per heavy atom. The zero-order valence-corrected chi connectivity index (χ0v) is 12.8. The Labute approximate surface area is 125 Å². The van der Waals surface area contributed by atoms with Gasteiger partial charge in [0.15, 0.2) is 0 Å². The van der Waals surface area contributed by atoms with Crippen LogP contribution in [0, 0.1) is 0 Å². The third-order valence-electron chi connectivity index (χ3n) is 4.08. The smallest absolute Gasteiger partial charge is 0.245 e. The van der Waals surface area contributed by atoms with Crippen molar-refractivity contribution in [3.63, 3.8) is 0 Å². The number of hydrogen-bond acceptors (Lipinski definition) is 5. The molecular weight excluding hydrogens is 272 g/mol. The Morgan fingerprint density at radius 3 is 2.57 bits per heavy atom. The molecule has 0 radical (unpaired) electrons. The molecule has 0 bridgehead atoms. The van der Waals surface area contributed by atoms with Crippen molar-refractivity contribution in [2.75, 3.05) is 52.5 Å². The van der Waals surface area contributed by atoms with Crippen LogP contribution in [0.2, 0.25) is 0 Å². The van der Waals surface area contributed by atoms with E-state index in [9.17, 15) is 9.59 Å². The van der Waals surface area contributed by atoms with Gasteiger partial charge in [-0.25, -0.2) is 0 Å². The molecule has 2 aliphatic rings. The molecule has 1 atom stereocenters. The second-order valence-electron chi connectivity index (χ2n) is 5.88. The predicted octanol–water partition coefficient (Wildman–Crippen LogP) is -1.23. The van der Waals surface area contributed by atoms with Gasteiger partial charge in [0, 0.05) is 39.3 Å². The van der Waals surface area contributed by atoms with E-state index < -0.39 is 5.54 Å². The monoisotopic (exact) mass is 298 g/mol. The Bertz CT molecular complexity index is 374. The van der Waals surface area contributed by atoms with Crippen LogP contribution in [-0.4, -0.2) is 79.6 Å². The minimum Gasteiger partial charge on any atom is -0.379 e. The number of amides is 2. The molecule has 120 valence electrons. The Hall–Kier alpha value is -1.18. The average molecular weight is 298 g/mol. The van der Waals surface area contributed by atoms with Crippen LogP contribution in [0.3, 0.4) is 0 Å². The molecule has 0 aromatic carbocycles. The molecular formula is C14H26N4O3. The molecule has 3 N–H and O–H groups in total. The molecule has 2 heterocycles. The fraction of sp³-hybridized carbons (Fsp3) is 0.857. The number of nitrogens with two attached hydrogens (primary N) is 1. The lowest BCUT2D eigenvalue weighted by atomic mass is 9.98. The lowest BCUT2D eigenvalue weighted by Crippen LogP contribution is -2.60. The molecule has 0 spiro atoms. The summed E-state index contributed by atoms with van der Waals surface area (Å²) in [6.07, 6.45) is 1.53. The second kappa shape index (κ2) is 7.20. The first-order valence-corrected chi connectivity index (χ1v) is 7.70. The molecule has 21 heavy (non-hydrogen) atoms. The lowest BCUT2D eigenvalue weighted by Gasteiger charge is -2.37. The van der Waals surface area contributed by atoms with Crippen molar-refractivity contribution in [2.45, 2.75) is 25.3 Å². The highest BCUT2D eigenvalue weighted by atomic mass is 16.5. The molecule has 1 unspecified atom stereocenters. The minimum atomic E-state index is -0.847. The number of ether oxygens (including phenoxy) is 1. The van der Waals surface area contributed by atoms with Crippen molar-refractivity contribution in [3.05, 3.63) is 0 Å². The first-order valence-electron chi connectivity index (χ1n) is 7.70. The fourth-order valence-corrected chi connectivity index (χ4v) is 2.70. The number of carbonyl (C=O) groups excluding carboxylic acids is 2. The normalized spacial score (nSPS) is 26.9. The number of rotatable bonds is 5. The highest BCUT2D eigenvalue weighted by Gasteiger charge is 2.41. The molecule has 2 aliphatic heterocycles. The van der Waals surface area contributed by atoms with Crippen molar-refractivity contribution in [2.24, 2.45) is 5.73 Å². The van der Waals surface area contributed by atoms with Crippen molar-refractivity contribution >= 4 is 11.8 Å². The average Bonchev–Trinajstić information content (AvgIpc) is 2.93. The Balaban J connectivity index is 1.75. The van der Waals surface area contributed by atoms with Crippen molar-refractivity contribution in [1.29, 1.82) is 0 Å². The molecule has 2 fully saturated rings. The van der Waals surface area contributed by atoms with Crippen molar-refractivity contribution in [3.8, 4) is 0 Å².